The van der Waals surface area contributed by atoms with Gasteiger partial charge in [-0.15, -0.1) is 0 Å². The van der Waals surface area contributed by atoms with Gasteiger partial charge in [-0.3, -0.25) is 0 Å². The van der Waals surface area contributed by atoms with Crippen molar-refractivity contribution in [1.82, 2.24) is 0 Å². The monoisotopic (exact) mass is 226 g/mol. The summed E-state index contributed by atoms with van der Waals surface area (Å²) in [6.07, 6.45) is 0.738. The van der Waals surface area contributed by atoms with Gasteiger partial charge < -0.3 is 5.11 Å². The maximum absolute atomic E-state index is 9.75. The predicted octanol–water partition coefficient (Wildman–Crippen LogP) is 2.67. The average molecular weight is 227 g/mol. The number of hydrogen-bond donors (Lipinski definition) is 1. The SMILES string of the molecule is CC1Cc2ccc(Br)cc2C1O. The molecule has 0 saturated heterocycles. The number of rotatable bonds is 0. The average Bonchev–Trinajstić information content (AvgIpc) is 2.31. The molecule has 1 aliphatic rings. The topological polar surface area (TPSA) is 20.2 Å². The van der Waals surface area contributed by atoms with E-state index >= 15 is 0 Å². The molecule has 1 aromatic carbocycles. The van der Waals surface area contributed by atoms with Crippen LogP contribution in [0.4, 0.5) is 0 Å². The summed E-state index contributed by atoms with van der Waals surface area (Å²) in [5, 5.41) is 9.75. The molecule has 0 spiro atoms. The van der Waals surface area contributed by atoms with E-state index in [0.29, 0.717) is 5.92 Å². The van der Waals surface area contributed by atoms with E-state index in [2.05, 4.69) is 28.9 Å². The molecule has 0 heterocycles. The maximum atomic E-state index is 9.75. The zero-order valence-electron chi connectivity index (χ0n) is 6.92. The Hall–Kier alpha value is -0.340. The minimum Gasteiger partial charge on any atom is -0.388 e. The summed E-state index contributed by atoms with van der Waals surface area (Å²) in [7, 11) is 0. The third-order valence-electron chi connectivity index (χ3n) is 2.51. The van der Waals surface area contributed by atoms with E-state index in [4.69, 9.17) is 0 Å². The standard InChI is InChI=1S/C10H11BrO/c1-6-4-7-2-3-8(11)5-9(7)10(6)12/h2-3,5-6,10,12H,4H2,1H3. The van der Waals surface area contributed by atoms with Crippen LogP contribution in [0.2, 0.25) is 0 Å². The van der Waals surface area contributed by atoms with Crippen molar-refractivity contribution in [3.8, 4) is 0 Å². The first-order valence-corrected chi connectivity index (χ1v) is 4.94. The van der Waals surface area contributed by atoms with Crippen molar-refractivity contribution in [1.29, 1.82) is 0 Å². The maximum Gasteiger partial charge on any atom is 0.0821 e. The van der Waals surface area contributed by atoms with Gasteiger partial charge in [-0.2, -0.15) is 0 Å². The highest BCUT2D eigenvalue weighted by Gasteiger charge is 2.27. The smallest absolute Gasteiger partial charge is 0.0821 e. The fourth-order valence-corrected chi connectivity index (χ4v) is 2.17. The van der Waals surface area contributed by atoms with Gasteiger partial charge >= 0.3 is 0 Å². The minimum atomic E-state index is -0.266. The van der Waals surface area contributed by atoms with Gasteiger partial charge in [-0.05, 0) is 35.6 Å². The minimum absolute atomic E-state index is 0.266. The molecule has 2 unspecified atom stereocenters. The molecular formula is C10H11BrO. The number of fused-ring (bicyclic) bond motifs is 1. The van der Waals surface area contributed by atoms with Crippen LogP contribution in [-0.2, 0) is 6.42 Å². The molecule has 1 N–H and O–H groups in total. The largest absolute Gasteiger partial charge is 0.388 e. The van der Waals surface area contributed by atoms with Crippen LogP contribution in [0.25, 0.3) is 0 Å². The van der Waals surface area contributed by atoms with Crippen molar-refractivity contribution < 1.29 is 5.11 Å². The molecule has 0 amide bonds. The molecule has 2 atom stereocenters. The molecule has 2 rings (SSSR count). The Balaban J connectivity index is 2.48. The van der Waals surface area contributed by atoms with Crippen molar-refractivity contribution in [3.05, 3.63) is 33.8 Å². The van der Waals surface area contributed by atoms with Crippen LogP contribution < -0.4 is 0 Å². The van der Waals surface area contributed by atoms with Crippen LogP contribution in [0.15, 0.2) is 22.7 Å². The van der Waals surface area contributed by atoms with E-state index < -0.39 is 0 Å². The van der Waals surface area contributed by atoms with Gasteiger partial charge in [0, 0.05) is 4.47 Å². The molecule has 1 aliphatic carbocycles. The zero-order chi connectivity index (χ0) is 8.72. The summed E-state index contributed by atoms with van der Waals surface area (Å²) < 4.78 is 1.05. The molecule has 0 aliphatic heterocycles. The second kappa shape index (κ2) is 2.86. The van der Waals surface area contributed by atoms with E-state index in [1.807, 2.05) is 12.1 Å². The fourth-order valence-electron chi connectivity index (χ4n) is 1.79. The van der Waals surface area contributed by atoms with Gasteiger partial charge in [0.2, 0.25) is 0 Å². The lowest BCUT2D eigenvalue weighted by molar-refractivity contribution is 0.133. The van der Waals surface area contributed by atoms with Crippen LogP contribution in [0.3, 0.4) is 0 Å². The molecule has 0 fully saturated rings. The molecule has 0 saturated carbocycles. The van der Waals surface area contributed by atoms with Gasteiger partial charge in [-0.25, -0.2) is 0 Å². The highest BCUT2D eigenvalue weighted by Crippen LogP contribution is 2.36. The highest BCUT2D eigenvalue weighted by atomic mass is 79.9. The lowest BCUT2D eigenvalue weighted by atomic mass is 10.1. The summed E-state index contributed by atoms with van der Waals surface area (Å²) in [5.74, 6) is 0.370. The van der Waals surface area contributed by atoms with Crippen LogP contribution in [0.1, 0.15) is 24.2 Å². The van der Waals surface area contributed by atoms with Crippen molar-refractivity contribution in [2.45, 2.75) is 19.4 Å². The highest BCUT2D eigenvalue weighted by molar-refractivity contribution is 9.10. The van der Waals surface area contributed by atoms with Crippen LogP contribution >= 0.6 is 15.9 Å². The Kier molecular flexibility index (Phi) is 1.97. The third-order valence-corrected chi connectivity index (χ3v) is 3.00. The molecule has 12 heavy (non-hydrogen) atoms. The zero-order valence-corrected chi connectivity index (χ0v) is 8.51. The van der Waals surface area contributed by atoms with Crippen molar-refractivity contribution >= 4 is 15.9 Å². The Morgan fingerprint density at radius 2 is 2.25 bits per heavy atom. The summed E-state index contributed by atoms with van der Waals surface area (Å²) >= 11 is 3.40. The molecule has 64 valence electrons. The van der Waals surface area contributed by atoms with Gasteiger partial charge in [0.1, 0.15) is 0 Å². The number of aliphatic hydroxyl groups excluding tert-OH is 1. The second-order valence-corrected chi connectivity index (χ2v) is 4.39. The van der Waals surface area contributed by atoms with E-state index in [1.165, 1.54) is 5.56 Å². The first kappa shape index (κ1) is 8.27. The Morgan fingerprint density at radius 1 is 1.50 bits per heavy atom. The Morgan fingerprint density at radius 3 is 3.00 bits per heavy atom. The van der Waals surface area contributed by atoms with E-state index in [0.717, 1.165) is 16.5 Å². The first-order chi connectivity index (χ1) is 5.68. The lowest BCUT2D eigenvalue weighted by Crippen LogP contribution is -2.00. The predicted molar refractivity (Wildman–Crippen MR) is 52.0 cm³/mol. The van der Waals surface area contributed by atoms with Gasteiger partial charge in [0.25, 0.3) is 0 Å². The molecule has 1 nitrogen and oxygen atoms in total. The summed E-state index contributed by atoms with van der Waals surface area (Å²) in [6.45, 7) is 2.08. The van der Waals surface area contributed by atoms with E-state index in [9.17, 15) is 5.11 Å². The molecule has 0 bridgehead atoms. The van der Waals surface area contributed by atoms with Crippen LogP contribution in [0.5, 0.6) is 0 Å². The molecule has 1 aromatic rings. The molecule has 0 radical (unpaired) electrons. The lowest BCUT2D eigenvalue weighted by Gasteiger charge is -2.07. The third kappa shape index (κ3) is 1.19. The summed E-state index contributed by atoms with van der Waals surface area (Å²) in [4.78, 5) is 0. The van der Waals surface area contributed by atoms with E-state index in [1.54, 1.807) is 0 Å². The normalized spacial score (nSPS) is 27.2. The summed E-state index contributed by atoms with van der Waals surface area (Å²) in [5.41, 5.74) is 2.38. The fraction of sp³-hybridized carbons (Fsp3) is 0.400. The summed E-state index contributed by atoms with van der Waals surface area (Å²) in [6, 6.07) is 6.14. The van der Waals surface area contributed by atoms with Gasteiger partial charge in [-0.1, -0.05) is 28.9 Å². The molecule has 2 heteroatoms. The number of benzene rings is 1. The van der Waals surface area contributed by atoms with Gasteiger partial charge in [0.05, 0.1) is 6.10 Å². The molecular weight excluding hydrogens is 216 g/mol. The number of halogens is 1. The van der Waals surface area contributed by atoms with Crippen molar-refractivity contribution in [2.24, 2.45) is 5.92 Å². The van der Waals surface area contributed by atoms with Gasteiger partial charge in [0.15, 0.2) is 0 Å². The quantitative estimate of drug-likeness (QED) is 0.722. The molecule has 0 aromatic heterocycles. The first-order valence-electron chi connectivity index (χ1n) is 4.15. The second-order valence-electron chi connectivity index (χ2n) is 3.47. The van der Waals surface area contributed by atoms with Crippen LogP contribution in [-0.4, -0.2) is 5.11 Å². The number of hydrogen-bond acceptors (Lipinski definition) is 1. The van der Waals surface area contributed by atoms with E-state index in [-0.39, 0.29) is 6.10 Å². The van der Waals surface area contributed by atoms with Crippen LogP contribution in [0, 0.1) is 5.92 Å². The van der Waals surface area contributed by atoms with Crippen molar-refractivity contribution in [3.63, 3.8) is 0 Å². The van der Waals surface area contributed by atoms with Crippen molar-refractivity contribution in [2.75, 3.05) is 0 Å². The number of aliphatic hydroxyl groups is 1. The Labute approximate surface area is 80.5 Å². The Bertz CT molecular complexity index is 309.